The normalized spacial score (nSPS) is 18.1. The van der Waals surface area contributed by atoms with Crippen molar-refractivity contribution < 1.29 is 13.2 Å². The number of benzene rings is 1. The van der Waals surface area contributed by atoms with Gasteiger partial charge in [-0.1, -0.05) is 25.1 Å². The van der Waals surface area contributed by atoms with Gasteiger partial charge in [0.2, 0.25) is 15.9 Å². The lowest BCUT2D eigenvalue weighted by Gasteiger charge is -2.26. The largest absolute Gasteiger partial charge is 0.308 e. The first-order valence-corrected chi connectivity index (χ1v) is 9.04. The van der Waals surface area contributed by atoms with Gasteiger partial charge < -0.3 is 4.90 Å². The van der Waals surface area contributed by atoms with Gasteiger partial charge in [-0.3, -0.25) is 4.79 Å². The molecule has 0 fully saturated rings. The average Bonchev–Trinajstić information content (AvgIpc) is 2.72. The van der Waals surface area contributed by atoms with Crippen molar-refractivity contribution in [1.29, 1.82) is 0 Å². The van der Waals surface area contributed by atoms with Gasteiger partial charge in [-0.15, -0.1) is 0 Å². The Morgan fingerprint density at radius 3 is 2.67 bits per heavy atom. The Bertz CT molecular complexity index is 628. The van der Waals surface area contributed by atoms with E-state index in [1.807, 2.05) is 38.1 Å². The highest BCUT2D eigenvalue weighted by Gasteiger charge is 2.32. The van der Waals surface area contributed by atoms with E-state index >= 15 is 0 Å². The Kier molecular flexibility index (Phi) is 4.68. The fourth-order valence-electron chi connectivity index (χ4n) is 2.78. The van der Waals surface area contributed by atoms with E-state index in [1.54, 1.807) is 4.90 Å². The molecule has 21 heavy (non-hydrogen) atoms. The van der Waals surface area contributed by atoms with Gasteiger partial charge in [-0.2, -0.15) is 4.31 Å². The quantitative estimate of drug-likeness (QED) is 0.830. The van der Waals surface area contributed by atoms with Crippen LogP contribution in [0.4, 0.5) is 5.69 Å². The lowest BCUT2D eigenvalue weighted by atomic mass is 10.1. The van der Waals surface area contributed by atoms with Crippen LogP contribution in [0.1, 0.15) is 25.8 Å². The van der Waals surface area contributed by atoms with Gasteiger partial charge in [-0.25, -0.2) is 8.42 Å². The Morgan fingerprint density at radius 1 is 1.38 bits per heavy atom. The van der Waals surface area contributed by atoms with Crippen molar-refractivity contribution in [3.05, 3.63) is 29.8 Å². The van der Waals surface area contributed by atoms with Gasteiger partial charge >= 0.3 is 0 Å². The average molecular weight is 310 g/mol. The van der Waals surface area contributed by atoms with Crippen LogP contribution in [-0.4, -0.2) is 44.0 Å². The molecular weight excluding hydrogens is 288 g/mol. The number of carbonyl (C=O) groups is 1. The first kappa shape index (κ1) is 16.0. The maximum atomic E-state index is 12.6. The minimum Gasteiger partial charge on any atom is -0.308 e. The highest BCUT2D eigenvalue weighted by atomic mass is 32.2. The van der Waals surface area contributed by atoms with Crippen molar-refractivity contribution in [1.82, 2.24) is 4.31 Å². The zero-order valence-corrected chi connectivity index (χ0v) is 13.6. The molecule has 116 valence electrons. The maximum absolute atomic E-state index is 12.6. The topological polar surface area (TPSA) is 57.7 Å². The molecule has 0 aromatic heterocycles. The number of carbonyl (C=O) groups excluding carboxylic acids is 1. The number of sulfonamides is 1. The van der Waals surface area contributed by atoms with E-state index in [0.29, 0.717) is 13.0 Å². The van der Waals surface area contributed by atoms with E-state index in [9.17, 15) is 13.2 Å². The van der Waals surface area contributed by atoms with E-state index in [-0.39, 0.29) is 18.5 Å². The zero-order valence-electron chi connectivity index (χ0n) is 12.7. The molecule has 1 amide bonds. The molecule has 0 radical (unpaired) electrons. The molecule has 0 aliphatic carbocycles. The van der Waals surface area contributed by atoms with Gasteiger partial charge in [0.15, 0.2) is 0 Å². The third kappa shape index (κ3) is 3.44. The number of hydrogen-bond acceptors (Lipinski definition) is 3. The van der Waals surface area contributed by atoms with Crippen LogP contribution in [0.25, 0.3) is 0 Å². The summed E-state index contributed by atoms with van der Waals surface area (Å²) in [6.07, 6.45) is 2.65. The molecule has 0 saturated heterocycles. The summed E-state index contributed by atoms with van der Waals surface area (Å²) >= 11 is 0. The second-order valence-electron chi connectivity index (χ2n) is 5.54. The lowest BCUT2D eigenvalue weighted by molar-refractivity contribution is -0.119. The molecule has 1 aliphatic rings. The van der Waals surface area contributed by atoms with Crippen molar-refractivity contribution in [3.8, 4) is 0 Å². The van der Waals surface area contributed by atoms with E-state index in [2.05, 4.69) is 0 Å². The number of amides is 1. The Balaban J connectivity index is 2.20. The van der Waals surface area contributed by atoms with Crippen LogP contribution in [0.5, 0.6) is 0 Å². The highest BCUT2D eigenvalue weighted by Crippen LogP contribution is 2.31. The standard InChI is InChI=1S/C15H22N2O3S/c1-4-9-16(21(3,19)20)11-15(18)17-12(2)10-13-7-5-6-8-14(13)17/h5-8,12H,4,9-11H2,1-3H3. The first-order chi connectivity index (χ1) is 9.84. The third-order valence-electron chi connectivity index (χ3n) is 3.73. The molecule has 0 spiro atoms. The van der Waals surface area contributed by atoms with Crippen LogP contribution < -0.4 is 4.90 Å². The van der Waals surface area contributed by atoms with Gasteiger partial charge in [0, 0.05) is 18.3 Å². The molecule has 1 heterocycles. The van der Waals surface area contributed by atoms with Crippen molar-refractivity contribution >= 4 is 21.6 Å². The summed E-state index contributed by atoms with van der Waals surface area (Å²) in [5, 5.41) is 0. The van der Waals surface area contributed by atoms with E-state index < -0.39 is 10.0 Å². The summed E-state index contributed by atoms with van der Waals surface area (Å²) in [6, 6.07) is 7.86. The molecule has 2 rings (SSSR count). The molecule has 5 nitrogen and oxygen atoms in total. The smallest absolute Gasteiger partial charge is 0.242 e. The summed E-state index contributed by atoms with van der Waals surface area (Å²) in [6.45, 7) is 4.17. The summed E-state index contributed by atoms with van der Waals surface area (Å²) < 4.78 is 24.8. The SMILES string of the molecule is CCCN(CC(=O)N1c2ccccc2CC1C)S(C)(=O)=O. The Labute approximate surface area is 126 Å². The molecule has 1 aromatic rings. The van der Waals surface area contributed by atoms with E-state index in [0.717, 1.165) is 23.9 Å². The van der Waals surface area contributed by atoms with Crippen molar-refractivity contribution in [2.45, 2.75) is 32.7 Å². The number of nitrogens with zero attached hydrogens (tertiary/aromatic N) is 2. The number of para-hydroxylation sites is 1. The van der Waals surface area contributed by atoms with Gasteiger partial charge in [0.1, 0.15) is 0 Å². The number of hydrogen-bond donors (Lipinski definition) is 0. The van der Waals surface area contributed by atoms with Gasteiger partial charge in [0.25, 0.3) is 0 Å². The molecular formula is C15H22N2O3S. The molecule has 0 saturated carbocycles. The van der Waals surface area contributed by atoms with Gasteiger partial charge in [-0.05, 0) is 31.4 Å². The minimum absolute atomic E-state index is 0.0675. The van der Waals surface area contributed by atoms with Crippen LogP contribution in [0.2, 0.25) is 0 Å². The van der Waals surface area contributed by atoms with E-state index in [4.69, 9.17) is 0 Å². The molecule has 1 aromatic carbocycles. The molecule has 0 bridgehead atoms. The molecule has 1 atom stereocenters. The molecule has 6 heteroatoms. The fourth-order valence-corrected chi connectivity index (χ4v) is 3.64. The number of anilines is 1. The highest BCUT2D eigenvalue weighted by molar-refractivity contribution is 7.88. The van der Waals surface area contributed by atoms with Crippen molar-refractivity contribution in [2.24, 2.45) is 0 Å². The maximum Gasteiger partial charge on any atom is 0.242 e. The minimum atomic E-state index is -3.36. The number of fused-ring (bicyclic) bond motifs is 1. The lowest BCUT2D eigenvalue weighted by Crippen LogP contribution is -2.45. The van der Waals surface area contributed by atoms with Crippen LogP contribution in [0.15, 0.2) is 24.3 Å². The van der Waals surface area contributed by atoms with Crippen LogP contribution in [0.3, 0.4) is 0 Å². The Morgan fingerprint density at radius 2 is 2.05 bits per heavy atom. The summed E-state index contributed by atoms with van der Waals surface area (Å²) in [5.41, 5.74) is 2.04. The van der Waals surface area contributed by atoms with Gasteiger partial charge in [0.05, 0.1) is 12.8 Å². The predicted molar refractivity (Wildman–Crippen MR) is 83.8 cm³/mol. The Hall–Kier alpha value is -1.40. The van der Waals surface area contributed by atoms with Crippen LogP contribution >= 0.6 is 0 Å². The molecule has 0 N–H and O–H groups in total. The second kappa shape index (κ2) is 6.15. The molecule has 1 unspecified atom stereocenters. The van der Waals surface area contributed by atoms with Crippen LogP contribution in [0, 0.1) is 0 Å². The summed E-state index contributed by atoms with van der Waals surface area (Å²) in [7, 11) is -3.36. The molecule has 1 aliphatic heterocycles. The third-order valence-corrected chi connectivity index (χ3v) is 4.98. The number of rotatable bonds is 5. The first-order valence-electron chi connectivity index (χ1n) is 7.19. The van der Waals surface area contributed by atoms with Crippen molar-refractivity contribution in [2.75, 3.05) is 24.2 Å². The monoisotopic (exact) mass is 310 g/mol. The van der Waals surface area contributed by atoms with E-state index in [1.165, 1.54) is 4.31 Å². The fraction of sp³-hybridized carbons (Fsp3) is 0.533. The second-order valence-corrected chi connectivity index (χ2v) is 7.52. The summed E-state index contributed by atoms with van der Waals surface area (Å²) in [4.78, 5) is 14.3. The van der Waals surface area contributed by atoms with Crippen molar-refractivity contribution in [3.63, 3.8) is 0 Å². The predicted octanol–water partition coefficient (Wildman–Crippen LogP) is 1.64. The zero-order chi connectivity index (χ0) is 15.6. The summed E-state index contributed by atoms with van der Waals surface area (Å²) in [5.74, 6) is -0.161. The van der Waals surface area contributed by atoms with Crippen LogP contribution in [-0.2, 0) is 21.2 Å².